The second-order valence-corrected chi connectivity index (χ2v) is 6.71. The van der Waals surface area contributed by atoms with Gasteiger partial charge in [0, 0.05) is 17.3 Å². The molecular formula is C20H26ClN3S. The number of hydrogen-bond donors (Lipinski definition) is 2. The van der Waals surface area contributed by atoms with E-state index in [0.29, 0.717) is 5.11 Å². The van der Waals surface area contributed by atoms with Crippen molar-refractivity contribution in [1.82, 2.24) is 10.2 Å². The third-order valence-electron chi connectivity index (χ3n) is 4.41. The van der Waals surface area contributed by atoms with E-state index in [2.05, 4.69) is 53.6 Å². The number of rotatable bonds is 7. The molecule has 0 heterocycles. The Morgan fingerprint density at radius 3 is 2.40 bits per heavy atom. The van der Waals surface area contributed by atoms with Gasteiger partial charge < -0.3 is 10.6 Å². The molecule has 1 atom stereocenters. The van der Waals surface area contributed by atoms with E-state index in [1.54, 1.807) is 0 Å². The topological polar surface area (TPSA) is 27.3 Å². The Labute approximate surface area is 161 Å². The Bertz CT molecular complexity index is 687. The first-order chi connectivity index (χ1) is 12.1. The number of nitrogens with one attached hydrogen (secondary N) is 2. The number of hydrogen-bond acceptors (Lipinski definition) is 2. The summed E-state index contributed by atoms with van der Waals surface area (Å²) in [7, 11) is 0. The van der Waals surface area contributed by atoms with Crippen LogP contribution < -0.4 is 10.6 Å². The van der Waals surface area contributed by atoms with Crippen LogP contribution in [0.2, 0.25) is 5.02 Å². The molecule has 25 heavy (non-hydrogen) atoms. The fourth-order valence-corrected chi connectivity index (χ4v) is 3.26. The Morgan fingerprint density at radius 1 is 1.08 bits per heavy atom. The van der Waals surface area contributed by atoms with Crippen LogP contribution in [0.4, 0.5) is 5.69 Å². The highest BCUT2D eigenvalue weighted by Gasteiger charge is 2.18. The molecule has 0 unspecified atom stereocenters. The molecule has 0 saturated heterocycles. The Morgan fingerprint density at radius 2 is 1.76 bits per heavy atom. The van der Waals surface area contributed by atoms with Crippen molar-refractivity contribution < 1.29 is 0 Å². The van der Waals surface area contributed by atoms with Crippen molar-refractivity contribution >= 4 is 34.6 Å². The van der Waals surface area contributed by atoms with E-state index in [1.807, 2.05) is 31.2 Å². The molecule has 0 fully saturated rings. The highest BCUT2D eigenvalue weighted by molar-refractivity contribution is 7.80. The van der Waals surface area contributed by atoms with Crippen molar-refractivity contribution in [3.8, 4) is 0 Å². The molecule has 0 aromatic heterocycles. The van der Waals surface area contributed by atoms with Gasteiger partial charge in [0.1, 0.15) is 0 Å². The van der Waals surface area contributed by atoms with Gasteiger partial charge >= 0.3 is 0 Å². The number of likely N-dealkylation sites (N-methyl/N-ethyl adjacent to an activating group) is 1. The van der Waals surface area contributed by atoms with Gasteiger partial charge in [-0.05, 0) is 55.5 Å². The molecule has 134 valence electrons. The van der Waals surface area contributed by atoms with Crippen LogP contribution in [0, 0.1) is 6.92 Å². The number of benzene rings is 2. The second-order valence-electron chi connectivity index (χ2n) is 5.90. The van der Waals surface area contributed by atoms with Gasteiger partial charge in [-0.3, -0.25) is 4.90 Å². The summed E-state index contributed by atoms with van der Waals surface area (Å²) in [6.45, 7) is 9.08. The average Bonchev–Trinajstić information content (AvgIpc) is 2.63. The first-order valence-electron chi connectivity index (χ1n) is 8.65. The minimum atomic E-state index is 0.274. The fraction of sp³-hybridized carbons (Fsp3) is 0.350. The molecule has 2 aromatic rings. The van der Waals surface area contributed by atoms with E-state index in [4.69, 9.17) is 23.8 Å². The largest absolute Gasteiger partial charge is 0.361 e. The predicted molar refractivity (Wildman–Crippen MR) is 113 cm³/mol. The van der Waals surface area contributed by atoms with Gasteiger partial charge in [0.05, 0.1) is 6.04 Å². The van der Waals surface area contributed by atoms with Gasteiger partial charge in [-0.2, -0.15) is 0 Å². The van der Waals surface area contributed by atoms with Crippen molar-refractivity contribution in [2.45, 2.75) is 26.8 Å². The molecule has 3 nitrogen and oxygen atoms in total. The van der Waals surface area contributed by atoms with Crippen LogP contribution in [0.25, 0.3) is 0 Å². The maximum Gasteiger partial charge on any atom is 0.170 e. The minimum Gasteiger partial charge on any atom is -0.361 e. The van der Waals surface area contributed by atoms with E-state index in [-0.39, 0.29) is 6.04 Å². The zero-order chi connectivity index (χ0) is 18.2. The van der Waals surface area contributed by atoms with Gasteiger partial charge in [0.25, 0.3) is 0 Å². The molecular weight excluding hydrogens is 350 g/mol. The summed E-state index contributed by atoms with van der Waals surface area (Å²) in [5.41, 5.74) is 3.22. The summed E-state index contributed by atoms with van der Waals surface area (Å²) >= 11 is 11.7. The highest BCUT2D eigenvalue weighted by atomic mass is 35.5. The first kappa shape index (κ1) is 19.7. The SMILES string of the molecule is CCN(CC)[C@H](CNC(=S)Nc1cccc(Cl)c1C)c1ccccc1. The number of anilines is 1. The minimum absolute atomic E-state index is 0.274. The monoisotopic (exact) mass is 375 g/mol. The average molecular weight is 376 g/mol. The summed E-state index contributed by atoms with van der Waals surface area (Å²) in [5, 5.41) is 7.96. The fourth-order valence-electron chi connectivity index (χ4n) is 2.90. The van der Waals surface area contributed by atoms with Crippen LogP contribution in [0.1, 0.15) is 31.0 Å². The smallest absolute Gasteiger partial charge is 0.170 e. The van der Waals surface area contributed by atoms with Gasteiger partial charge in [0.15, 0.2) is 5.11 Å². The lowest BCUT2D eigenvalue weighted by Crippen LogP contribution is -2.39. The number of halogens is 1. The molecule has 0 aliphatic carbocycles. The van der Waals surface area contributed by atoms with Crippen LogP contribution >= 0.6 is 23.8 Å². The zero-order valence-electron chi connectivity index (χ0n) is 15.1. The third-order valence-corrected chi connectivity index (χ3v) is 5.07. The predicted octanol–water partition coefficient (Wildman–Crippen LogP) is 5.02. The maximum absolute atomic E-state index is 6.17. The van der Waals surface area contributed by atoms with Crippen LogP contribution in [0.3, 0.4) is 0 Å². The lowest BCUT2D eigenvalue weighted by atomic mass is 10.1. The van der Waals surface area contributed by atoms with Gasteiger partial charge in [0.2, 0.25) is 0 Å². The summed E-state index contributed by atoms with van der Waals surface area (Å²) in [6.07, 6.45) is 0. The molecule has 2 rings (SSSR count). The van der Waals surface area contributed by atoms with Crippen molar-refractivity contribution in [3.05, 3.63) is 64.7 Å². The van der Waals surface area contributed by atoms with Gasteiger partial charge in [-0.15, -0.1) is 0 Å². The standard InChI is InChI=1S/C20H26ClN3S/c1-4-24(5-2)19(16-10-7-6-8-11-16)14-22-20(25)23-18-13-9-12-17(21)15(18)3/h6-13,19H,4-5,14H2,1-3H3,(H2,22,23,25)/t19-/m1/s1. The Balaban J connectivity index is 2.04. The molecule has 0 spiro atoms. The van der Waals surface area contributed by atoms with E-state index in [1.165, 1.54) is 5.56 Å². The summed E-state index contributed by atoms with van der Waals surface area (Å²) in [5.74, 6) is 0. The van der Waals surface area contributed by atoms with E-state index in [0.717, 1.165) is 35.9 Å². The maximum atomic E-state index is 6.17. The number of thiocarbonyl (C=S) groups is 1. The molecule has 0 bridgehead atoms. The van der Waals surface area contributed by atoms with E-state index in [9.17, 15) is 0 Å². The molecule has 0 aliphatic heterocycles. The lowest BCUT2D eigenvalue weighted by Gasteiger charge is -2.30. The van der Waals surface area contributed by atoms with Crippen molar-refractivity contribution in [2.24, 2.45) is 0 Å². The van der Waals surface area contributed by atoms with E-state index < -0.39 is 0 Å². The normalized spacial score (nSPS) is 12.0. The Kier molecular flexibility index (Phi) is 7.69. The van der Waals surface area contributed by atoms with Gasteiger partial charge in [-0.1, -0.05) is 61.8 Å². The second kappa shape index (κ2) is 9.76. The van der Waals surface area contributed by atoms with Crippen molar-refractivity contribution in [1.29, 1.82) is 0 Å². The summed E-state index contributed by atoms with van der Waals surface area (Å²) < 4.78 is 0. The quantitative estimate of drug-likeness (QED) is 0.664. The van der Waals surface area contributed by atoms with E-state index >= 15 is 0 Å². The summed E-state index contributed by atoms with van der Waals surface area (Å²) in [4.78, 5) is 2.43. The molecule has 2 aromatic carbocycles. The molecule has 0 amide bonds. The van der Waals surface area contributed by atoms with Crippen LogP contribution in [-0.4, -0.2) is 29.6 Å². The van der Waals surface area contributed by atoms with Crippen LogP contribution in [-0.2, 0) is 0 Å². The lowest BCUT2D eigenvalue weighted by molar-refractivity contribution is 0.219. The third kappa shape index (κ3) is 5.43. The summed E-state index contributed by atoms with van der Waals surface area (Å²) in [6, 6.07) is 16.6. The highest BCUT2D eigenvalue weighted by Crippen LogP contribution is 2.23. The Hall–Kier alpha value is -1.62. The zero-order valence-corrected chi connectivity index (χ0v) is 16.6. The molecule has 0 radical (unpaired) electrons. The van der Waals surface area contributed by atoms with Crippen molar-refractivity contribution in [2.75, 3.05) is 25.0 Å². The van der Waals surface area contributed by atoms with Crippen molar-refractivity contribution in [3.63, 3.8) is 0 Å². The first-order valence-corrected chi connectivity index (χ1v) is 9.44. The number of nitrogens with zero attached hydrogens (tertiary/aromatic N) is 1. The molecule has 2 N–H and O–H groups in total. The van der Waals surface area contributed by atoms with Gasteiger partial charge in [-0.25, -0.2) is 0 Å². The molecule has 0 saturated carbocycles. The molecule has 5 heteroatoms. The van der Waals surface area contributed by atoms with Crippen LogP contribution in [0.5, 0.6) is 0 Å². The molecule has 0 aliphatic rings. The van der Waals surface area contributed by atoms with Crippen LogP contribution in [0.15, 0.2) is 48.5 Å².